The van der Waals surface area contributed by atoms with Crippen LogP contribution in [0.5, 0.6) is 0 Å². The minimum atomic E-state index is -0.365. The molecule has 0 N–H and O–H groups in total. The molecule has 0 spiro atoms. The Hall–Kier alpha value is -1.91. The van der Waals surface area contributed by atoms with Gasteiger partial charge in [0.25, 0.3) is 0 Å². The molecule has 0 bridgehead atoms. The number of hydrogen-bond donors (Lipinski definition) is 0. The molecular formula is C22H32O5. The molecule has 2 aliphatic rings. The highest BCUT2D eigenvalue weighted by Crippen LogP contribution is 2.60. The fourth-order valence-electron chi connectivity index (χ4n) is 5.32. The predicted molar refractivity (Wildman–Crippen MR) is 103 cm³/mol. The third-order valence-electron chi connectivity index (χ3n) is 6.17. The van der Waals surface area contributed by atoms with Gasteiger partial charge in [-0.15, -0.1) is 0 Å². The van der Waals surface area contributed by atoms with Crippen LogP contribution in [0, 0.1) is 22.7 Å². The van der Waals surface area contributed by atoms with Gasteiger partial charge in [-0.05, 0) is 48.3 Å². The average Bonchev–Trinajstić information content (AvgIpc) is 2.49. The molecule has 4 atom stereocenters. The van der Waals surface area contributed by atoms with Crippen molar-refractivity contribution in [3.8, 4) is 0 Å². The van der Waals surface area contributed by atoms with E-state index in [1.54, 1.807) is 6.08 Å². The van der Waals surface area contributed by atoms with Gasteiger partial charge in [0.05, 0.1) is 0 Å². The Kier molecular flexibility index (Phi) is 6.33. The fourth-order valence-corrected chi connectivity index (χ4v) is 5.32. The summed E-state index contributed by atoms with van der Waals surface area (Å²) in [5, 5.41) is 0. The van der Waals surface area contributed by atoms with E-state index in [0.29, 0.717) is 0 Å². The Labute approximate surface area is 162 Å². The van der Waals surface area contributed by atoms with Crippen molar-refractivity contribution in [1.82, 2.24) is 0 Å². The summed E-state index contributed by atoms with van der Waals surface area (Å²) in [6.07, 6.45) is 8.20. The van der Waals surface area contributed by atoms with Gasteiger partial charge in [0.1, 0.15) is 12.7 Å². The van der Waals surface area contributed by atoms with Crippen LogP contribution in [-0.4, -0.2) is 30.4 Å². The molecule has 0 heterocycles. The van der Waals surface area contributed by atoms with E-state index in [0.717, 1.165) is 24.8 Å². The number of esters is 2. The van der Waals surface area contributed by atoms with E-state index in [9.17, 15) is 14.4 Å². The first-order valence-corrected chi connectivity index (χ1v) is 9.67. The number of ether oxygens (including phenoxy) is 2. The molecule has 0 radical (unpaired) electrons. The Morgan fingerprint density at radius 2 is 1.78 bits per heavy atom. The molecule has 150 valence electrons. The summed E-state index contributed by atoms with van der Waals surface area (Å²) in [6.45, 7) is 11.1. The summed E-state index contributed by atoms with van der Waals surface area (Å²) in [5.74, 6) is -0.614. The lowest BCUT2D eigenvalue weighted by Crippen LogP contribution is -2.55. The third-order valence-corrected chi connectivity index (χ3v) is 6.17. The standard InChI is InChI=1S/C22H32O5/c1-14(23)8-9-18-17(13-26-15(2)24)12-19(27-16(3)25)20-21(4,5)10-7-11-22(18,20)6/h8-9,12,18-20H,7,10-11,13H2,1-6H3/b9-8+/t18-,19+,20-,22+/m1/s1. The summed E-state index contributed by atoms with van der Waals surface area (Å²) in [5.41, 5.74) is 0.683. The highest BCUT2D eigenvalue weighted by atomic mass is 16.5. The molecule has 27 heavy (non-hydrogen) atoms. The van der Waals surface area contributed by atoms with Gasteiger partial charge < -0.3 is 9.47 Å². The molecule has 0 saturated heterocycles. The second kappa shape index (κ2) is 7.99. The van der Waals surface area contributed by atoms with E-state index in [1.165, 1.54) is 20.8 Å². The van der Waals surface area contributed by atoms with Crippen molar-refractivity contribution < 1.29 is 23.9 Å². The predicted octanol–water partition coefficient (Wildman–Crippen LogP) is 4.02. The highest BCUT2D eigenvalue weighted by molar-refractivity contribution is 5.87. The lowest BCUT2D eigenvalue weighted by Gasteiger charge is -2.58. The second-order valence-electron chi connectivity index (χ2n) is 8.87. The van der Waals surface area contributed by atoms with Crippen LogP contribution >= 0.6 is 0 Å². The van der Waals surface area contributed by atoms with Crippen LogP contribution in [0.1, 0.15) is 60.8 Å². The minimum Gasteiger partial charge on any atom is -0.461 e. The van der Waals surface area contributed by atoms with Crippen molar-refractivity contribution in [2.45, 2.75) is 66.9 Å². The first-order valence-electron chi connectivity index (χ1n) is 9.67. The molecule has 0 aromatic carbocycles. The highest BCUT2D eigenvalue weighted by Gasteiger charge is 2.56. The zero-order chi connectivity index (χ0) is 20.4. The molecule has 0 aromatic rings. The van der Waals surface area contributed by atoms with Crippen LogP contribution in [0.4, 0.5) is 0 Å². The number of ketones is 1. The SMILES string of the molecule is CC(=O)/C=C/[C@@H]1C(COC(C)=O)=C[C@H](OC(C)=O)[C@@H]2C(C)(C)CCC[C@@]12C. The molecule has 1 fully saturated rings. The van der Waals surface area contributed by atoms with Crippen LogP contribution in [0.25, 0.3) is 0 Å². The number of hydrogen-bond acceptors (Lipinski definition) is 5. The lowest BCUT2D eigenvalue weighted by atomic mass is 9.48. The Morgan fingerprint density at radius 3 is 2.33 bits per heavy atom. The van der Waals surface area contributed by atoms with Gasteiger partial charge in [0.15, 0.2) is 5.78 Å². The quantitative estimate of drug-likeness (QED) is 0.412. The van der Waals surface area contributed by atoms with Crippen LogP contribution in [0.3, 0.4) is 0 Å². The molecule has 0 aliphatic heterocycles. The summed E-state index contributed by atoms with van der Waals surface area (Å²) in [6, 6.07) is 0. The van der Waals surface area contributed by atoms with E-state index in [-0.39, 0.29) is 53.1 Å². The number of carbonyl (C=O) groups excluding carboxylic acids is 3. The van der Waals surface area contributed by atoms with Crippen LogP contribution in [0.2, 0.25) is 0 Å². The number of fused-ring (bicyclic) bond motifs is 1. The minimum absolute atomic E-state index is 0.0147. The topological polar surface area (TPSA) is 69.7 Å². The fraction of sp³-hybridized carbons (Fsp3) is 0.682. The molecule has 0 amide bonds. The van der Waals surface area contributed by atoms with Gasteiger partial charge in [-0.25, -0.2) is 0 Å². The summed E-state index contributed by atoms with van der Waals surface area (Å²) >= 11 is 0. The largest absolute Gasteiger partial charge is 0.461 e. The van der Waals surface area contributed by atoms with E-state index < -0.39 is 0 Å². The van der Waals surface area contributed by atoms with Crippen LogP contribution < -0.4 is 0 Å². The molecule has 1 saturated carbocycles. The maximum atomic E-state index is 11.8. The first kappa shape index (κ1) is 21.4. The average molecular weight is 376 g/mol. The maximum Gasteiger partial charge on any atom is 0.303 e. The van der Waals surface area contributed by atoms with Crippen molar-refractivity contribution in [2.24, 2.45) is 22.7 Å². The molecule has 0 aromatic heterocycles. The summed E-state index contributed by atoms with van der Waals surface area (Å²) in [7, 11) is 0. The van der Waals surface area contributed by atoms with Crippen molar-refractivity contribution >= 4 is 17.7 Å². The van der Waals surface area contributed by atoms with Gasteiger partial charge >= 0.3 is 11.9 Å². The number of allylic oxidation sites excluding steroid dienone is 2. The monoisotopic (exact) mass is 376 g/mol. The van der Waals surface area contributed by atoms with Gasteiger partial charge in [-0.1, -0.05) is 33.3 Å². The zero-order valence-electron chi connectivity index (χ0n) is 17.3. The summed E-state index contributed by atoms with van der Waals surface area (Å²) in [4.78, 5) is 34.8. The van der Waals surface area contributed by atoms with E-state index in [4.69, 9.17) is 9.47 Å². The molecule has 5 heteroatoms. The molecule has 2 rings (SSSR count). The first-order chi connectivity index (χ1) is 12.5. The maximum absolute atomic E-state index is 11.8. The van der Waals surface area contributed by atoms with Gasteiger partial charge in [-0.2, -0.15) is 0 Å². The Morgan fingerprint density at radius 1 is 1.11 bits per heavy atom. The smallest absolute Gasteiger partial charge is 0.303 e. The molecule has 2 aliphatic carbocycles. The van der Waals surface area contributed by atoms with Crippen molar-refractivity contribution in [2.75, 3.05) is 6.61 Å². The molecule has 0 unspecified atom stereocenters. The summed E-state index contributed by atoms with van der Waals surface area (Å²) < 4.78 is 11.0. The van der Waals surface area contributed by atoms with E-state index >= 15 is 0 Å². The number of carbonyl (C=O) groups is 3. The van der Waals surface area contributed by atoms with Crippen molar-refractivity contribution in [3.63, 3.8) is 0 Å². The van der Waals surface area contributed by atoms with E-state index in [1.807, 2.05) is 12.2 Å². The molecular weight excluding hydrogens is 344 g/mol. The normalized spacial score (nSPS) is 32.4. The van der Waals surface area contributed by atoms with Gasteiger partial charge in [-0.3, -0.25) is 14.4 Å². The third kappa shape index (κ3) is 4.69. The zero-order valence-corrected chi connectivity index (χ0v) is 17.3. The van der Waals surface area contributed by atoms with Crippen molar-refractivity contribution in [3.05, 3.63) is 23.8 Å². The van der Waals surface area contributed by atoms with Gasteiger partial charge in [0.2, 0.25) is 0 Å². The van der Waals surface area contributed by atoms with Crippen molar-refractivity contribution in [1.29, 1.82) is 0 Å². The van der Waals surface area contributed by atoms with Crippen LogP contribution in [-0.2, 0) is 23.9 Å². The van der Waals surface area contributed by atoms with Crippen LogP contribution in [0.15, 0.2) is 23.8 Å². The molecule has 5 nitrogen and oxygen atoms in total. The van der Waals surface area contributed by atoms with E-state index in [2.05, 4.69) is 20.8 Å². The second-order valence-corrected chi connectivity index (χ2v) is 8.87. The Bertz CT molecular complexity index is 672. The number of rotatable bonds is 5. The lowest BCUT2D eigenvalue weighted by molar-refractivity contribution is -0.160. The van der Waals surface area contributed by atoms with Gasteiger partial charge in [0, 0.05) is 25.7 Å². The Balaban J connectivity index is 2.57.